The maximum absolute atomic E-state index is 13.6. The third-order valence-electron chi connectivity index (χ3n) is 5.40. The highest BCUT2D eigenvalue weighted by Gasteiger charge is 2.23. The van der Waals surface area contributed by atoms with Crippen LogP contribution in [0.3, 0.4) is 0 Å². The standard InChI is InChI=1S/C24H29F2N3O3/c1-16(15-30)27-14-23(31)21(12-17-10-19(25)13-20(26)11-17)28-24(32)7-9-29-8-6-18-4-2-3-5-22(18)29/h2-6,8,10-11,13,16,21,23,27,30-31H,7,9,12,14-15H2,1H3,(H,28,32). The van der Waals surface area contributed by atoms with Crippen molar-refractivity contribution in [2.24, 2.45) is 0 Å². The summed E-state index contributed by atoms with van der Waals surface area (Å²) >= 11 is 0. The van der Waals surface area contributed by atoms with Gasteiger partial charge in [-0.25, -0.2) is 8.78 Å². The minimum Gasteiger partial charge on any atom is -0.395 e. The molecule has 0 bridgehead atoms. The predicted molar refractivity (Wildman–Crippen MR) is 119 cm³/mol. The summed E-state index contributed by atoms with van der Waals surface area (Å²) in [6.45, 7) is 2.20. The number of nitrogens with zero attached hydrogens (tertiary/aromatic N) is 1. The molecule has 0 saturated heterocycles. The van der Waals surface area contributed by atoms with Crippen LogP contribution in [0.25, 0.3) is 10.9 Å². The maximum atomic E-state index is 13.6. The van der Waals surface area contributed by atoms with Gasteiger partial charge < -0.3 is 25.4 Å². The van der Waals surface area contributed by atoms with Crippen LogP contribution in [0.5, 0.6) is 0 Å². The molecule has 3 rings (SSSR count). The molecule has 3 atom stereocenters. The number of aryl methyl sites for hydroxylation is 1. The Morgan fingerprint density at radius 3 is 2.56 bits per heavy atom. The summed E-state index contributed by atoms with van der Waals surface area (Å²) in [5, 5.41) is 26.7. The number of nitrogens with one attached hydrogen (secondary N) is 2. The van der Waals surface area contributed by atoms with Gasteiger partial charge in [-0.15, -0.1) is 0 Å². The zero-order chi connectivity index (χ0) is 23.1. The molecule has 3 aromatic rings. The molecule has 172 valence electrons. The van der Waals surface area contributed by atoms with Crippen LogP contribution in [-0.2, 0) is 17.8 Å². The number of benzene rings is 2. The van der Waals surface area contributed by atoms with Gasteiger partial charge in [-0.3, -0.25) is 4.79 Å². The lowest BCUT2D eigenvalue weighted by Crippen LogP contribution is -2.50. The van der Waals surface area contributed by atoms with E-state index in [1.165, 1.54) is 12.1 Å². The van der Waals surface area contributed by atoms with Crippen molar-refractivity contribution in [1.29, 1.82) is 0 Å². The summed E-state index contributed by atoms with van der Waals surface area (Å²) < 4.78 is 29.2. The fourth-order valence-electron chi connectivity index (χ4n) is 3.63. The first-order valence-electron chi connectivity index (χ1n) is 10.7. The van der Waals surface area contributed by atoms with E-state index < -0.39 is 23.8 Å². The lowest BCUT2D eigenvalue weighted by atomic mass is 10.00. The van der Waals surface area contributed by atoms with E-state index in [4.69, 9.17) is 5.11 Å². The molecule has 8 heteroatoms. The molecular weight excluding hydrogens is 416 g/mol. The van der Waals surface area contributed by atoms with Crippen molar-refractivity contribution in [3.8, 4) is 0 Å². The van der Waals surface area contributed by atoms with Gasteiger partial charge in [0.05, 0.1) is 18.8 Å². The van der Waals surface area contributed by atoms with Gasteiger partial charge in [0.15, 0.2) is 0 Å². The summed E-state index contributed by atoms with van der Waals surface area (Å²) in [4.78, 5) is 12.7. The molecule has 4 N–H and O–H groups in total. The van der Waals surface area contributed by atoms with Gasteiger partial charge in [0.2, 0.25) is 5.91 Å². The lowest BCUT2D eigenvalue weighted by molar-refractivity contribution is -0.122. The number of rotatable bonds is 11. The Morgan fingerprint density at radius 2 is 1.84 bits per heavy atom. The first kappa shape index (κ1) is 23.8. The zero-order valence-electron chi connectivity index (χ0n) is 18.0. The van der Waals surface area contributed by atoms with Gasteiger partial charge in [-0.2, -0.15) is 0 Å². The van der Waals surface area contributed by atoms with Gasteiger partial charge in [-0.1, -0.05) is 18.2 Å². The van der Waals surface area contributed by atoms with Gasteiger partial charge in [0, 0.05) is 43.3 Å². The van der Waals surface area contributed by atoms with Crippen molar-refractivity contribution in [3.05, 3.63) is 71.9 Å². The summed E-state index contributed by atoms with van der Waals surface area (Å²) in [6, 6.07) is 12.0. The SMILES string of the molecule is CC(CO)NCC(O)C(Cc1cc(F)cc(F)c1)NC(=O)CCn1ccc2ccccc21. The number of hydrogen-bond donors (Lipinski definition) is 4. The van der Waals surface area contributed by atoms with Crippen molar-refractivity contribution in [2.75, 3.05) is 13.2 Å². The van der Waals surface area contributed by atoms with Crippen molar-refractivity contribution in [1.82, 2.24) is 15.2 Å². The van der Waals surface area contributed by atoms with Gasteiger partial charge in [0.25, 0.3) is 0 Å². The Kier molecular flexibility index (Phi) is 8.33. The Morgan fingerprint density at radius 1 is 1.12 bits per heavy atom. The van der Waals surface area contributed by atoms with E-state index in [-0.39, 0.29) is 37.9 Å². The molecule has 1 aromatic heterocycles. The van der Waals surface area contributed by atoms with E-state index in [1.807, 2.05) is 41.1 Å². The van der Waals surface area contributed by atoms with Crippen LogP contribution in [0.4, 0.5) is 8.78 Å². The number of carbonyl (C=O) groups is 1. The third kappa shape index (κ3) is 6.59. The normalized spacial score (nSPS) is 14.3. The number of hydrogen-bond acceptors (Lipinski definition) is 4. The molecule has 0 aliphatic heterocycles. The number of aromatic nitrogens is 1. The third-order valence-corrected chi connectivity index (χ3v) is 5.40. The highest BCUT2D eigenvalue weighted by atomic mass is 19.1. The molecule has 0 aliphatic rings. The second-order valence-electron chi connectivity index (χ2n) is 8.03. The number of fused-ring (bicyclic) bond motifs is 1. The molecule has 6 nitrogen and oxygen atoms in total. The molecule has 2 aromatic carbocycles. The minimum absolute atomic E-state index is 0.0588. The van der Waals surface area contributed by atoms with Crippen LogP contribution in [-0.4, -0.2) is 52.0 Å². The molecule has 0 spiro atoms. The van der Waals surface area contributed by atoms with E-state index in [0.29, 0.717) is 12.1 Å². The van der Waals surface area contributed by atoms with Crippen LogP contribution in [0, 0.1) is 11.6 Å². The van der Waals surface area contributed by atoms with E-state index >= 15 is 0 Å². The molecule has 3 unspecified atom stereocenters. The topological polar surface area (TPSA) is 86.5 Å². The van der Waals surface area contributed by atoms with Crippen molar-refractivity contribution in [3.63, 3.8) is 0 Å². The maximum Gasteiger partial charge on any atom is 0.222 e. The Labute approximate surface area is 185 Å². The molecule has 1 amide bonds. The highest BCUT2D eigenvalue weighted by molar-refractivity contribution is 5.80. The van der Waals surface area contributed by atoms with Crippen LogP contribution in [0.1, 0.15) is 18.9 Å². The molecule has 0 saturated carbocycles. The van der Waals surface area contributed by atoms with Gasteiger partial charge in [0.1, 0.15) is 11.6 Å². The number of para-hydroxylation sites is 1. The summed E-state index contributed by atoms with van der Waals surface area (Å²) in [5.74, 6) is -1.71. The number of aliphatic hydroxyl groups is 2. The van der Waals surface area contributed by atoms with E-state index in [1.54, 1.807) is 6.92 Å². The van der Waals surface area contributed by atoms with Gasteiger partial charge in [-0.05, 0) is 48.6 Å². The van der Waals surface area contributed by atoms with Crippen LogP contribution >= 0.6 is 0 Å². The molecule has 1 heterocycles. The minimum atomic E-state index is -1.02. The summed E-state index contributed by atoms with van der Waals surface area (Å²) in [6.07, 6.45) is 1.13. The first-order chi connectivity index (χ1) is 15.4. The summed E-state index contributed by atoms with van der Waals surface area (Å²) in [5.41, 5.74) is 1.35. The average molecular weight is 446 g/mol. The van der Waals surface area contributed by atoms with Crippen molar-refractivity contribution < 1.29 is 23.8 Å². The highest BCUT2D eigenvalue weighted by Crippen LogP contribution is 2.16. The number of amides is 1. The summed E-state index contributed by atoms with van der Waals surface area (Å²) in [7, 11) is 0. The number of carbonyl (C=O) groups excluding carboxylic acids is 1. The van der Waals surface area contributed by atoms with E-state index in [0.717, 1.165) is 17.0 Å². The second-order valence-corrected chi connectivity index (χ2v) is 8.03. The van der Waals surface area contributed by atoms with Crippen molar-refractivity contribution >= 4 is 16.8 Å². The van der Waals surface area contributed by atoms with E-state index in [2.05, 4.69) is 10.6 Å². The van der Waals surface area contributed by atoms with Gasteiger partial charge >= 0.3 is 0 Å². The van der Waals surface area contributed by atoms with Crippen LogP contribution in [0.15, 0.2) is 54.7 Å². The number of aliphatic hydroxyl groups excluding tert-OH is 2. The van der Waals surface area contributed by atoms with Crippen LogP contribution < -0.4 is 10.6 Å². The molecule has 0 aliphatic carbocycles. The first-order valence-corrected chi connectivity index (χ1v) is 10.7. The predicted octanol–water partition coefficient (Wildman–Crippen LogP) is 2.37. The monoisotopic (exact) mass is 445 g/mol. The van der Waals surface area contributed by atoms with Crippen LogP contribution in [0.2, 0.25) is 0 Å². The Hall–Kier alpha value is -2.81. The molecular formula is C24H29F2N3O3. The lowest BCUT2D eigenvalue weighted by Gasteiger charge is -2.26. The van der Waals surface area contributed by atoms with Crippen molar-refractivity contribution in [2.45, 2.75) is 44.5 Å². The number of halogens is 2. The fourth-order valence-corrected chi connectivity index (χ4v) is 3.63. The quantitative estimate of drug-likeness (QED) is 0.365. The molecule has 0 fully saturated rings. The largest absolute Gasteiger partial charge is 0.395 e. The molecule has 0 radical (unpaired) electrons. The smallest absolute Gasteiger partial charge is 0.222 e. The Bertz CT molecular complexity index is 1020. The molecule has 32 heavy (non-hydrogen) atoms. The second kappa shape index (κ2) is 11.2. The van der Waals surface area contributed by atoms with E-state index in [9.17, 15) is 18.7 Å². The zero-order valence-corrected chi connectivity index (χ0v) is 18.0. The average Bonchev–Trinajstić information content (AvgIpc) is 3.17. The fraction of sp³-hybridized carbons (Fsp3) is 0.375. The Balaban J connectivity index is 1.66.